The van der Waals surface area contributed by atoms with E-state index < -0.39 is 9.84 Å². The molecule has 1 fully saturated rings. The molecule has 0 unspecified atom stereocenters. The zero-order chi connectivity index (χ0) is 21.0. The minimum absolute atomic E-state index is 0.174. The Kier molecular flexibility index (Phi) is 6.65. The smallest absolute Gasteiger partial charge is 0.227 e. The van der Waals surface area contributed by atoms with Gasteiger partial charge in [0.2, 0.25) is 15.0 Å². The van der Waals surface area contributed by atoms with Crippen LogP contribution in [-0.4, -0.2) is 40.7 Å². The van der Waals surface area contributed by atoms with Crippen molar-refractivity contribution < 1.29 is 8.42 Å². The third kappa shape index (κ3) is 4.99. The highest BCUT2D eigenvalue weighted by atomic mass is 32.2. The van der Waals surface area contributed by atoms with Crippen LogP contribution < -0.4 is 0 Å². The van der Waals surface area contributed by atoms with Gasteiger partial charge >= 0.3 is 0 Å². The second-order valence-corrected chi connectivity index (χ2v) is 10.7. The lowest BCUT2D eigenvalue weighted by Crippen LogP contribution is -2.33. The van der Waals surface area contributed by atoms with Gasteiger partial charge in [-0.05, 0) is 37.8 Å². The summed E-state index contributed by atoms with van der Waals surface area (Å²) in [4.78, 5) is 11.3. The molecular formula is C22H28N4O2S2. The summed E-state index contributed by atoms with van der Waals surface area (Å²) in [5, 5.41) is 3.35. The maximum absolute atomic E-state index is 12.3. The van der Waals surface area contributed by atoms with Gasteiger partial charge in [0.1, 0.15) is 5.01 Å². The molecule has 0 radical (unpaired) electrons. The van der Waals surface area contributed by atoms with Crippen molar-refractivity contribution in [3.63, 3.8) is 0 Å². The van der Waals surface area contributed by atoms with Crippen molar-refractivity contribution in [1.29, 1.82) is 0 Å². The van der Waals surface area contributed by atoms with E-state index in [2.05, 4.69) is 27.0 Å². The number of piperidine rings is 1. The number of hydrogen-bond acceptors (Lipinski definition) is 6. The second kappa shape index (κ2) is 9.41. The Morgan fingerprint density at radius 1 is 1.17 bits per heavy atom. The van der Waals surface area contributed by atoms with Crippen molar-refractivity contribution >= 4 is 21.2 Å². The van der Waals surface area contributed by atoms with Gasteiger partial charge in [0.15, 0.2) is 0 Å². The number of imidazole rings is 1. The number of sulfone groups is 1. The van der Waals surface area contributed by atoms with Crippen LogP contribution in [0.15, 0.2) is 53.3 Å². The van der Waals surface area contributed by atoms with Crippen molar-refractivity contribution in [2.24, 2.45) is 0 Å². The normalized spacial score (nSPS) is 18.0. The molecule has 0 spiro atoms. The van der Waals surface area contributed by atoms with Gasteiger partial charge in [0.05, 0.1) is 17.9 Å². The summed E-state index contributed by atoms with van der Waals surface area (Å²) in [6.07, 6.45) is 10.1. The van der Waals surface area contributed by atoms with Crippen LogP contribution in [0.3, 0.4) is 0 Å². The summed E-state index contributed by atoms with van der Waals surface area (Å²) in [6.45, 7) is 2.33. The molecule has 160 valence electrons. The van der Waals surface area contributed by atoms with E-state index in [1.807, 2.05) is 34.3 Å². The lowest BCUT2D eigenvalue weighted by molar-refractivity contribution is 0.136. The van der Waals surface area contributed by atoms with Crippen molar-refractivity contribution in [2.75, 3.05) is 12.8 Å². The van der Waals surface area contributed by atoms with Crippen molar-refractivity contribution in [1.82, 2.24) is 19.4 Å². The van der Waals surface area contributed by atoms with Crippen LogP contribution in [-0.2, 0) is 29.3 Å². The topological polar surface area (TPSA) is 68.1 Å². The van der Waals surface area contributed by atoms with Crippen LogP contribution >= 0.6 is 11.3 Å². The van der Waals surface area contributed by atoms with Gasteiger partial charge in [-0.1, -0.05) is 36.8 Å². The molecule has 3 heterocycles. The fourth-order valence-electron chi connectivity index (χ4n) is 4.21. The van der Waals surface area contributed by atoms with E-state index in [0.717, 1.165) is 42.9 Å². The molecule has 0 aliphatic carbocycles. The van der Waals surface area contributed by atoms with Gasteiger partial charge in [-0.15, -0.1) is 11.3 Å². The quantitative estimate of drug-likeness (QED) is 0.523. The summed E-state index contributed by atoms with van der Waals surface area (Å²) in [7, 11) is -3.38. The third-order valence-corrected chi connectivity index (χ3v) is 7.50. The van der Waals surface area contributed by atoms with E-state index in [4.69, 9.17) is 0 Å². The average molecular weight is 445 g/mol. The molecule has 1 atom stereocenters. The van der Waals surface area contributed by atoms with Gasteiger partial charge in [0, 0.05) is 30.9 Å². The molecule has 0 amide bonds. The molecule has 30 heavy (non-hydrogen) atoms. The molecule has 2 aromatic heterocycles. The van der Waals surface area contributed by atoms with Crippen LogP contribution in [0.4, 0.5) is 0 Å². The van der Waals surface area contributed by atoms with Crippen LogP contribution in [0.25, 0.3) is 0 Å². The lowest BCUT2D eigenvalue weighted by Gasteiger charge is -2.34. The Balaban J connectivity index is 1.54. The van der Waals surface area contributed by atoms with Crippen LogP contribution in [0.5, 0.6) is 0 Å². The SMILES string of the molecule is CS(=O)(=O)c1ncc(CN2CCCC[C@H]2c2nccs2)n1CCCc1ccccc1. The Hall–Kier alpha value is -2.03. The van der Waals surface area contributed by atoms with E-state index in [9.17, 15) is 8.42 Å². The van der Waals surface area contributed by atoms with Gasteiger partial charge in [-0.2, -0.15) is 0 Å². The van der Waals surface area contributed by atoms with Crippen LogP contribution in [0, 0.1) is 0 Å². The molecule has 1 aliphatic rings. The second-order valence-electron chi connectivity index (χ2n) is 7.90. The number of aryl methyl sites for hydroxylation is 1. The van der Waals surface area contributed by atoms with Gasteiger partial charge in [0.25, 0.3) is 0 Å². The Labute approximate surface area is 182 Å². The highest BCUT2D eigenvalue weighted by Gasteiger charge is 2.28. The zero-order valence-electron chi connectivity index (χ0n) is 17.3. The molecule has 1 aliphatic heterocycles. The molecule has 0 N–H and O–H groups in total. The minimum atomic E-state index is -3.38. The average Bonchev–Trinajstić information content (AvgIpc) is 3.40. The van der Waals surface area contributed by atoms with Crippen LogP contribution in [0.2, 0.25) is 0 Å². The highest BCUT2D eigenvalue weighted by Crippen LogP contribution is 2.33. The number of thiazole rings is 1. The van der Waals surface area contributed by atoms with Crippen molar-refractivity contribution in [3.05, 3.63) is 64.4 Å². The maximum Gasteiger partial charge on any atom is 0.227 e. The maximum atomic E-state index is 12.3. The van der Waals surface area contributed by atoms with Gasteiger partial charge < -0.3 is 4.57 Å². The third-order valence-electron chi connectivity index (χ3n) is 5.64. The number of likely N-dealkylation sites (tertiary alicyclic amines) is 1. The zero-order valence-corrected chi connectivity index (χ0v) is 18.9. The van der Waals surface area contributed by atoms with E-state index in [-0.39, 0.29) is 5.16 Å². The van der Waals surface area contributed by atoms with Crippen molar-refractivity contribution in [2.45, 2.75) is 56.4 Å². The Bertz CT molecular complexity index is 1050. The standard InChI is InChI=1S/C22H28N4O2S2/c1-30(27,28)22-24-16-19(26(22)14-7-10-18-8-3-2-4-9-18)17-25-13-6-5-11-20(25)21-23-12-15-29-21/h2-4,8-9,12,15-16,20H,5-7,10-11,13-14,17H2,1H3/t20-/m0/s1. The number of hydrogen-bond donors (Lipinski definition) is 0. The number of aromatic nitrogens is 3. The summed E-state index contributed by atoms with van der Waals surface area (Å²) < 4.78 is 26.6. The summed E-state index contributed by atoms with van der Waals surface area (Å²) in [5.74, 6) is 0. The van der Waals surface area contributed by atoms with E-state index in [0.29, 0.717) is 19.1 Å². The molecule has 3 aromatic rings. The monoisotopic (exact) mass is 444 g/mol. The highest BCUT2D eigenvalue weighted by molar-refractivity contribution is 7.90. The molecule has 0 bridgehead atoms. The first-order valence-corrected chi connectivity index (χ1v) is 13.2. The molecule has 4 rings (SSSR count). The number of nitrogens with zero attached hydrogens (tertiary/aromatic N) is 4. The molecule has 8 heteroatoms. The van der Waals surface area contributed by atoms with Gasteiger partial charge in [-0.3, -0.25) is 4.90 Å². The first-order chi connectivity index (χ1) is 14.5. The van der Waals surface area contributed by atoms with E-state index in [1.54, 1.807) is 17.5 Å². The predicted octanol–water partition coefficient (Wildman–Crippen LogP) is 4.10. The Morgan fingerprint density at radius 3 is 2.73 bits per heavy atom. The number of benzene rings is 1. The fourth-order valence-corrected chi connectivity index (χ4v) is 5.87. The van der Waals surface area contributed by atoms with Crippen LogP contribution in [0.1, 0.15) is 48.0 Å². The fraction of sp³-hybridized carbons (Fsp3) is 0.455. The molecule has 1 saturated heterocycles. The van der Waals surface area contributed by atoms with E-state index >= 15 is 0 Å². The van der Waals surface area contributed by atoms with Crippen molar-refractivity contribution in [3.8, 4) is 0 Å². The van der Waals surface area contributed by atoms with E-state index in [1.165, 1.54) is 18.2 Å². The predicted molar refractivity (Wildman–Crippen MR) is 119 cm³/mol. The Morgan fingerprint density at radius 2 is 2.00 bits per heavy atom. The summed E-state index contributed by atoms with van der Waals surface area (Å²) in [6, 6.07) is 10.6. The first-order valence-electron chi connectivity index (χ1n) is 10.4. The molecule has 0 saturated carbocycles. The largest absolute Gasteiger partial charge is 0.318 e. The first kappa shape index (κ1) is 21.2. The summed E-state index contributed by atoms with van der Waals surface area (Å²) in [5.41, 5.74) is 2.23. The minimum Gasteiger partial charge on any atom is -0.318 e. The molecule has 1 aromatic carbocycles. The number of rotatable bonds is 8. The summed E-state index contributed by atoms with van der Waals surface area (Å²) >= 11 is 1.70. The molecule has 6 nitrogen and oxygen atoms in total. The van der Waals surface area contributed by atoms with Gasteiger partial charge in [-0.25, -0.2) is 18.4 Å². The molecular weight excluding hydrogens is 416 g/mol. The lowest BCUT2D eigenvalue weighted by atomic mass is 10.0.